The Morgan fingerprint density at radius 3 is 2.95 bits per heavy atom. The Bertz CT molecular complexity index is 555. The molecule has 1 heterocycles. The number of nitrogens with one attached hydrogen (secondary N) is 1. The number of ether oxygens (including phenoxy) is 1. The second kappa shape index (κ2) is 7.45. The van der Waals surface area contributed by atoms with Gasteiger partial charge in [-0.25, -0.2) is 4.98 Å². The van der Waals surface area contributed by atoms with Gasteiger partial charge in [0.25, 0.3) is 0 Å². The van der Waals surface area contributed by atoms with Crippen LogP contribution in [0.15, 0.2) is 33.3 Å². The maximum absolute atomic E-state index is 5.79. The van der Waals surface area contributed by atoms with Crippen molar-refractivity contribution in [3.05, 3.63) is 34.8 Å². The maximum Gasteiger partial charge on any atom is 0.196 e. The van der Waals surface area contributed by atoms with Crippen LogP contribution >= 0.6 is 15.9 Å². The third-order valence-electron chi connectivity index (χ3n) is 2.93. The van der Waals surface area contributed by atoms with Crippen LogP contribution in [0.3, 0.4) is 0 Å². The summed E-state index contributed by atoms with van der Waals surface area (Å²) < 4.78 is 12.1. The predicted molar refractivity (Wildman–Crippen MR) is 83.1 cm³/mol. The predicted octanol–water partition coefficient (Wildman–Crippen LogP) is 3.65. The fourth-order valence-electron chi connectivity index (χ4n) is 1.92. The Morgan fingerprint density at radius 1 is 1.35 bits per heavy atom. The van der Waals surface area contributed by atoms with E-state index < -0.39 is 0 Å². The Hall–Kier alpha value is -1.33. The highest BCUT2D eigenvalue weighted by Gasteiger charge is 2.11. The average Bonchev–Trinajstić information content (AvgIpc) is 2.92. The van der Waals surface area contributed by atoms with Crippen molar-refractivity contribution in [3.63, 3.8) is 0 Å². The molecule has 5 heteroatoms. The van der Waals surface area contributed by atoms with Crippen LogP contribution in [0.2, 0.25) is 0 Å². The Morgan fingerprint density at radius 2 is 2.20 bits per heavy atom. The van der Waals surface area contributed by atoms with E-state index in [1.54, 1.807) is 13.3 Å². The van der Waals surface area contributed by atoms with E-state index in [0.717, 1.165) is 53.4 Å². The molecule has 0 amide bonds. The highest BCUT2D eigenvalue weighted by Crippen LogP contribution is 2.32. The van der Waals surface area contributed by atoms with Gasteiger partial charge in [0.15, 0.2) is 11.7 Å². The molecular weight excluding hydrogens is 320 g/mol. The molecule has 1 aromatic heterocycles. The van der Waals surface area contributed by atoms with Gasteiger partial charge in [0.2, 0.25) is 0 Å². The molecule has 108 valence electrons. The van der Waals surface area contributed by atoms with E-state index in [1.807, 2.05) is 18.2 Å². The number of oxazole rings is 1. The molecule has 0 unspecified atom stereocenters. The molecule has 1 N–H and O–H groups in total. The molecule has 0 aliphatic heterocycles. The summed E-state index contributed by atoms with van der Waals surface area (Å²) in [5, 5.41) is 3.33. The van der Waals surface area contributed by atoms with Crippen LogP contribution in [-0.4, -0.2) is 25.2 Å². The van der Waals surface area contributed by atoms with Crippen LogP contribution in [0.4, 0.5) is 0 Å². The molecule has 2 rings (SSSR count). The number of halogens is 1. The molecule has 0 aliphatic carbocycles. The van der Waals surface area contributed by atoms with Gasteiger partial charge >= 0.3 is 0 Å². The molecule has 0 bridgehead atoms. The fraction of sp³-hybridized carbons (Fsp3) is 0.400. The number of benzene rings is 1. The zero-order valence-corrected chi connectivity index (χ0v) is 13.4. The van der Waals surface area contributed by atoms with E-state index >= 15 is 0 Å². The van der Waals surface area contributed by atoms with Crippen molar-refractivity contribution < 1.29 is 9.15 Å². The van der Waals surface area contributed by atoms with Gasteiger partial charge < -0.3 is 14.5 Å². The van der Waals surface area contributed by atoms with Gasteiger partial charge in [0, 0.05) is 17.4 Å². The number of nitrogens with zero attached hydrogens (tertiary/aromatic N) is 1. The molecule has 4 nitrogen and oxygen atoms in total. The van der Waals surface area contributed by atoms with Crippen molar-refractivity contribution in [1.82, 2.24) is 10.3 Å². The smallest absolute Gasteiger partial charge is 0.196 e. The van der Waals surface area contributed by atoms with Crippen LogP contribution in [0, 0.1) is 0 Å². The summed E-state index contributed by atoms with van der Waals surface area (Å²) in [6.07, 6.45) is 3.67. The standard InChI is InChI=1S/C15H19BrN2O2/c1-3-7-17-8-6-15-18-10-14(20-15)12-5-4-11(16)9-13(12)19-2/h4-5,9-10,17H,3,6-8H2,1-2H3. The second-order valence-electron chi connectivity index (χ2n) is 4.46. The largest absolute Gasteiger partial charge is 0.496 e. The van der Waals surface area contributed by atoms with Crippen LogP contribution in [-0.2, 0) is 6.42 Å². The first-order valence-electron chi connectivity index (χ1n) is 6.74. The van der Waals surface area contributed by atoms with Gasteiger partial charge in [-0.05, 0) is 31.2 Å². The van der Waals surface area contributed by atoms with Crippen molar-refractivity contribution in [1.29, 1.82) is 0 Å². The van der Waals surface area contributed by atoms with E-state index in [9.17, 15) is 0 Å². The third kappa shape index (κ3) is 3.84. The highest BCUT2D eigenvalue weighted by molar-refractivity contribution is 9.10. The molecule has 0 spiro atoms. The van der Waals surface area contributed by atoms with Gasteiger partial charge in [-0.15, -0.1) is 0 Å². The zero-order valence-electron chi connectivity index (χ0n) is 11.8. The second-order valence-corrected chi connectivity index (χ2v) is 5.38. The van der Waals surface area contributed by atoms with Crippen molar-refractivity contribution in [2.24, 2.45) is 0 Å². The molecule has 0 aliphatic rings. The zero-order chi connectivity index (χ0) is 14.4. The van der Waals surface area contributed by atoms with Crippen molar-refractivity contribution in [2.75, 3.05) is 20.2 Å². The molecule has 0 saturated heterocycles. The topological polar surface area (TPSA) is 47.3 Å². The molecule has 0 radical (unpaired) electrons. The fourth-order valence-corrected chi connectivity index (χ4v) is 2.26. The maximum atomic E-state index is 5.79. The van der Waals surface area contributed by atoms with Crippen LogP contribution in [0.25, 0.3) is 11.3 Å². The van der Waals surface area contributed by atoms with Gasteiger partial charge in [-0.3, -0.25) is 0 Å². The van der Waals surface area contributed by atoms with E-state index in [-0.39, 0.29) is 0 Å². The highest BCUT2D eigenvalue weighted by atomic mass is 79.9. The Kier molecular flexibility index (Phi) is 5.61. The summed E-state index contributed by atoms with van der Waals surface area (Å²) in [4.78, 5) is 4.31. The Balaban J connectivity index is 2.08. The van der Waals surface area contributed by atoms with Gasteiger partial charge in [-0.2, -0.15) is 0 Å². The Labute approximate surface area is 127 Å². The first kappa shape index (κ1) is 15.1. The van der Waals surface area contributed by atoms with Crippen LogP contribution in [0.1, 0.15) is 19.2 Å². The van der Waals surface area contributed by atoms with E-state index in [4.69, 9.17) is 9.15 Å². The number of hydrogen-bond acceptors (Lipinski definition) is 4. The minimum Gasteiger partial charge on any atom is -0.496 e. The molecule has 2 aromatic rings. The van der Waals surface area contributed by atoms with Crippen LogP contribution in [0.5, 0.6) is 5.75 Å². The summed E-state index contributed by atoms with van der Waals surface area (Å²) in [6, 6.07) is 5.84. The third-order valence-corrected chi connectivity index (χ3v) is 3.42. The normalized spacial score (nSPS) is 10.8. The van der Waals surface area contributed by atoms with E-state index in [0.29, 0.717) is 0 Å². The quantitative estimate of drug-likeness (QED) is 0.782. The molecule has 20 heavy (non-hydrogen) atoms. The van der Waals surface area contributed by atoms with Crippen molar-refractivity contribution >= 4 is 15.9 Å². The van der Waals surface area contributed by atoms with Crippen LogP contribution < -0.4 is 10.1 Å². The number of hydrogen-bond donors (Lipinski definition) is 1. The lowest BCUT2D eigenvalue weighted by molar-refractivity contribution is 0.413. The summed E-state index contributed by atoms with van der Waals surface area (Å²) in [6.45, 7) is 4.05. The lowest BCUT2D eigenvalue weighted by Gasteiger charge is -2.06. The lowest BCUT2D eigenvalue weighted by atomic mass is 10.1. The number of aromatic nitrogens is 1. The minimum atomic E-state index is 0.736. The van der Waals surface area contributed by atoms with Gasteiger partial charge in [-0.1, -0.05) is 22.9 Å². The molecule has 1 aromatic carbocycles. The summed E-state index contributed by atoms with van der Waals surface area (Å²) in [7, 11) is 1.65. The average molecular weight is 339 g/mol. The SMILES string of the molecule is CCCNCCc1ncc(-c2ccc(Br)cc2OC)o1. The number of rotatable bonds is 7. The van der Waals surface area contributed by atoms with E-state index in [2.05, 4.69) is 33.2 Å². The van der Waals surface area contributed by atoms with Gasteiger partial charge in [0.05, 0.1) is 18.9 Å². The van der Waals surface area contributed by atoms with Crippen molar-refractivity contribution in [3.8, 4) is 17.1 Å². The molecule has 0 atom stereocenters. The summed E-state index contributed by atoms with van der Waals surface area (Å²) >= 11 is 3.43. The molecule has 0 saturated carbocycles. The summed E-state index contributed by atoms with van der Waals surface area (Å²) in [5.74, 6) is 2.25. The minimum absolute atomic E-state index is 0.736. The molecule has 0 fully saturated rings. The van der Waals surface area contributed by atoms with Crippen molar-refractivity contribution in [2.45, 2.75) is 19.8 Å². The van der Waals surface area contributed by atoms with E-state index in [1.165, 1.54) is 0 Å². The number of methoxy groups -OCH3 is 1. The first-order valence-corrected chi connectivity index (χ1v) is 7.53. The first-order chi connectivity index (χ1) is 9.74. The van der Waals surface area contributed by atoms with Gasteiger partial charge in [0.1, 0.15) is 5.75 Å². The lowest BCUT2D eigenvalue weighted by Crippen LogP contribution is -2.17. The molecular formula is C15H19BrN2O2. The monoisotopic (exact) mass is 338 g/mol. The summed E-state index contributed by atoms with van der Waals surface area (Å²) in [5.41, 5.74) is 0.913.